The van der Waals surface area contributed by atoms with Gasteiger partial charge in [-0.1, -0.05) is 35.7 Å². The Morgan fingerprint density at radius 1 is 1.28 bits per heavy atom. The third-order valence-corrected chi connectivity index (χ3v) is 5.28. The van der Waals surface area contributed by atoms with E-state index < -0.39 is 0 Å². The molecule has 1 aliphatic rings. The molecule has 0 radical (unpaired) electrons. The summed E-state index contributed by atoms with van der Waals surface area (Å²) in [5.74, 6) is 1.22. The molecule has 1 fully saturated rings. The van der Waals surface area contributed by atoms with Gasteiger partial charge in [0.2, 0.25) is 0 Å². The summed E-state index contributed by atoms with van der Waals surface area (Å²) in [6.07, 6.45) is 5.95. The van der Waals surface area contributed by atoms with Crippen molar-refractivity contribution in [3.05, 3.63) is 27.7 Å². The third-order valence-electron chi connectivity index (χ3n) is 4.60. The molecule has 1 aromatic carbocycles. The van der Waals surface area contributed by atoms with Crippen molar-refractivity contribution in [1.82, 2.24) is 5.32 Å². The molecule has 2 atom stereocenters. The number of amides is 1. The van der Waals surface area contributed by atoms with E-state index in [1.54, 1.807) is 32.4 Å². The lowest BCUT2D eigenvalue weighted by Gasteiger charge is -2.29. The predicted molar refractivity (Wildman–Crippen MR) is 100 cm³/mol. The number of carbonyl (C=O) groups excluding carboxylic acids is 1. The van der Waals surface area contributed by atoms with Crippen molar-refractivity contribution in [2.75, 3.05) is 14.2 Å². The first kappa shape index (κ1) is 19.3. The Morgan fingerprint density at radius 2 is 1.92 bits per heavy atom. The van der Waals surface area contributed by atoms with E-state index in [1.165, 1.54) is 6.42 Å². The molecule has 25 heavy (non-hydrogen) atoms. The SMILES string of the molecule is COc1cc(Br)c(/C=C(\C#N)C(=O)N[C@H]2CCCC[C@H]2C)cc1OC. The second-order valence-corrected chi connectivity index (χ2v) is 7.09. The Labute approximate surface area is 157 Å². The summed E-state index contributed by atoms with van der Waals surface area (Å²) in [6, 6.07) is 5.62. The van der Waals surface area contributed by atoms with Gasteiger partial charge in [0.25, 0.3) is 5.91 Å². The lowest BCUT2D eigenvalue weighted by atomic mass is 9.86. The molecule has 6 heteroatoms. The zero-order valence-electron chi connectivity index (χ0n) is 14.8. The van der Waals surface area contributed by atoms with Crippen LogP contribution >= 0.6 is 15.9 Å². The summed E-state index contributed by atoms with van der Waals surface area (Å²) in [5.41, 5.74) is 0.756. The first-order valence-corrected chi connectivity index (χ1v) is 9.13. The number of hydrogen-bond donors (Lipinski definition) is 1. The Balaban J connectivity index is 2.24. The van der Waals surface area contributed by atoms with E-state index in [0.717, 1.165) is 23.7 Å². The van der Waals surface area contributed by atoms with Gasteiger partial charge in [-0.3, -0.25) is 4.79 Å². The second-order valence-electron chi connectivity index (χ2n) is 6.24. The number of benzene rings is 1. The molecule has 134 valence electrons. The van der Waals surface area contributed by atoms with E-state index in [0.29, 0.717) is 23.0 Å². The van der Waals surface area contributed by atoms with Crippen molar-refractivity contribution < 1.29 is 14.3 Å². The minimum absolute atomic E-state index is 0.0747. The van der Waals surface area contributed by atoms with E-state index in [4.69, 9.17) is 9.47 Å². The van der Waals surface area contributed by atoms with Crippen molar-refractivity contribution in [1.29, 1.82) is 5.26 Å². The normalized spacial score (nSPS) is 20.5. The lowest BCUT2D eigenvalue weighted by molar-refractivity contribution is -0.118. The van der Waals surface area contributed by atoms with Gasteiger partial charge >= 0.3 is 0 Å². The van der Waals surface area contributed by atoms with Gasteiger partial charge in [0.15, 0.2) is 11.5 Å². The van der Waals surface area contributed by atoms with Crippen LogP contribution in [-0.4, -0.2) is 26.2 Å². The van der Waals surface area contributed by atoms with Crippen molar-refractivity contribution in [2.45, 2.75) is 38.6 Å². The monoisotopic (exact) mass is 406 g/mol. The predicted octanol–water partition coefficient (Wildman–Crippen LogP) is 4.07. The molecule has 0 spiro atoms. The highest BCUT2D eigenvalue weighted by Gasteiger charge is 2.24. The molecular formula is C19H23BrN2O3. The number of rotatable bonds is 5. The molecule has 0 bridgehead atoms. The molecule has 1 amide bonds. The van der Waals surface area contributed by atoms with Crippen molar-refractivity contribution in [3.8, 4) is 17.6 Å². The van der Waals surface area contributed by atoms with Crippen LogP contribution in [-0.2, 0) is 4.79 Å². The van der Waals surface area contributed by atoms with E-state index in [9.17, 15) is 10.1 Å². The van der Waals surface area contributed by atoms with Gasteiger partial charge in [0.1, 0.15) is 11.6 Å². The van der Waals surface area contributed by atoms with Gasteiger partial charge in [0.05, 0.1) is 14.2 Å². The maximum Gasteiger partial charge on any atom is 0.262 e. The van der Waals surface area contributed by atoms with Gasteiger partial charge in [-0.15, -0.1) is 0 Å². The molecule has 0 aromatic heterocycles. The zero-order chi connectivity index (χ0) is 18.4. The number of halogens is 1. The highest BCUT2D eigenvalue weighted by atomic mass is 79.9. The molecule has 0 unspecified atom stereocenters. The average Bonchev–Trinajstić information content (AvgIpc) is 2.62. The minimum atomic E-state index is -0.331. The summed E-state index contributed by atoms with van der Waals surface area (Å²) in [4.78, 5) is 12.5. The van der Waals surface area contributed by atoms with Crippen molar-refractivity contribution in [3.63, 3.8) is 0 Å². The lowest BCUT2D eigenvalue weighted by Crippen LogP contribution is -2.41. The van der Waals surface area contributed by atoms with Crippen LogP contribution in [0, 0.1) is 17.2 Å². The van der Waals surface area contributed by atoms with Gasteiger partial charge in [0, 0.05) is 10.5 Å². The molecule has 5 nitrogen and oxygen atoms in total. The number of hydrogen-bond acceptors (Lipinski definition) is 4. The van der Waals surface area contributed by atoms with Crippen LogP contribution in [0.3, 0.4) is 0 Å². The average molecular weight is 407 g/mol. The van der Waals surface area contributed by atoms with Crippen LogP contribution in [0.15, 0.2) is 22.2 Å². The number of carbonyl (C=O) groups is 1. The summed E-state index contributed by atoms with van der Waals surface area (Å²) < 4.78 is 11.2. The quantitative estimate of drug-likeness (QED) is 0.590. The van der Waals surface area contributed by atoms with Crippen LogP contribution in [0.1, 0.15) is 38.2 Å². The number of nitrogens with one attached hydrogen (secondary N) is 1. The Hall–Kier alpha value is -2.00. The van der Waals surface area contributed by atoms with Crippen LogP contribution in [0.5, 0.6) is 11.5 Å². The third kappa shape index (κ3) is 4.76. The van der Waals surface area contributed by atoms with Crippen molar-refractivity contribution in [2.24, 2.45) is 5.92 Å². The highest BCUT2D eigenvalue weighted by molar-refractivity contribution is 9.10. The van der Waals surface area contributed by atoms with Gasteiger partial charge in [-0.2, -0.15) is 5.26 Å². The maximum atomic E-state index is 12.5. The van der Waals surface area contributed by atoms with Gasteiger partial charge in [-0.05, 0) is 42.5 Å². The van der Waals surface area contributed by atoms with Gasteiger partial charge in [-0.25, -0.2) is 0 Å². The molecule has 0 saturated heterocycles. The second kappa shape index (κ2) is 8.91. The number of methoxy groups -OCH3 is 2. The van der Waals surface area contributed by atoms with Crippen LogP contribution in [0.25, 0.3) is 6.08 Å². The fourth-order valence-corrected chi connectivity index (χ4v) is 3.50. The number of ether oxygens (including phenoxy) is 2. The minimum Gasteiger partial charge on any atom is -0.493 e. The molecule has 1 saturated carbocycles. The largest absolute Gasteiger partial charge is 0.493 e. The molecule has 0 aliphatic heterocycles. The summed E-state index contributed by atoms with van der Waals surface area (Å²) >= 11 is 3.44. The standard InChI is InChI=1S/C19H23BrN2O3/c1-12-6-4-5-7-16(12)22-19(23)14(11-21)8-13-9-17(24-2)18(25-3)10-15(13)20/h8-10,12,16H,4-7H2,1-3H3,(H,22,23)/b14-8+/t12-,16+/m1/s1. The summed E-state index contributed by atoms with van der Waals surface area (Å²) in [6.45, 7) is 2.14. The first-order valence-electron chi connectivity index (χ1n) is 8.34. The van der Waals surface area contributed by atoms with Crippen LogP contribution in [0.2, 0.25) is 0 Å². The molecule has 0 heterocycles. The molecule has 1 aliphatic carbocycles. The molecule has 1 aromatic rings. The van der Waals surface area contributed by atoms with E-state index in [1.807, 2.05) is 6.07 Å². The van der Waals surface area contributed by atoms with Crippen LogP contribution in [0.4, 0.5) is 0 Å². The number of nitriles is 1. The molecular weight excluding hydrogens is 384 g/mol. The van der Waals surface area contributed by atoms with E-state index in [-0.39, 0.29) is 17.5 Å². The fraction of sp³-hybridized carbons (Fsp3) is 0.474. The number of nitrogens with zero attached hydrogens (tertiary/aromatic N) is 1. The highest BCUT2D eigenvalue weighted by Crippen LogP contribution is 2.34. The van der Waals surface area contributed by atoms with E-state index >= 15 is 0 Å². The summed E-state index contributed by atoms with van der Waals surface area (Å²) in [7, 11) is 3.10. The van der Waals surface area contributed by atoms with E-state index in [2.05, 4.69) is 28.2 Å². The fourth-order valence-electron chi connectivity index (χ4n) is 3.06. The molecule has 1 N–H and O–H groups in total. The smallest absolute Gasteiger partial charge is 0.262 e. The van der Waals surface area contributed by atoms with Crippen LogP contribution < -0.4 is 14.8 Å². The first-order chi connectivity index (χ1) is 12.0. The Bertz CT molecular complexity index is 709. The summed E-state index contributed by atoms with van der Waals surface area (Å²) in [5, 5.41) is 12.4. The maximum absolute atomic E-state index is 12.5. The Morgan fingerprint density at radius 3 is 2.52 bits per heavy atom. The topological polar surface area (TPSA) is 71.3 Å². The molecule has 2 rings (SSSR count). The van der Waals surface area contributed by atoms with Crippen molar-refractivity contribution >= 4 is 27.9 Å². The Kier molecular flexibility index (Phi) is 6.89. The zero-order valence-corrected chi connectivity index (χ0v) is 16.4. The van der Waals surface area contributed by atoms with Gasteiger partial charge < -0.3 is 14.8 Å².